The highest BCUT2D eigenvalue weighted by atomic mass is 35.5. The summed E-state index contributed by atoms with van der Waals surface area (Å²) in [4.78, 5) is 16.6. The van der Waals surface area contributed by atoms with Crippen molar-refractivity contribution in [1.82, 2.24) is 10.3 Å². The van der Waals surface area contributed by atoms with Crippen LogP contribution in [-0.2, 0) is 6.54 Å². The first kappa shape index (κ1) is 14.8. The smallest absolute Gasteiger partial charge is 0.251 e. The molecule has 0 atom stereocenters. The second-order valence-electron chi connectivity index (χ2n) is 4.70. The highest BCUT2D eigenvalue weighted by Crippen LogP contribution is 2.23. The topological polar surface area (TPSA) is 42.0 Å². The summed E-state index contributed by atoms with van der Waals surface area (Å²) >= 11 is 7.46. The van der Waals surface area contributed by atoms with Crippen molar-refractivity contribution in [2.75, 3.05) is 0 Å². The Morgan fingerprint density at radius 2 is 1.95 bits per heavy atom. The van der Waals surface area contributed by atoms with E-state index < -0.39 is 0 Å². The number of amides is 1. The van der Waals surface area contributed by atoms with Gasteiger partial charge >= 0.3 is 0 Å². The molecule has 3 rings (SSSR count). The molecule has 3 aromatic rings. The second kappa shape index (κ2) is 6.73. The molecule has 0 aliphatic heterocycles. The number of carbonyl (C=O) groups excluding carboxylic acids is 1. The van der Waals surface area contributed by atoms with Crippen molar-refractivity contribution >= 4 is 28.8 Å². The molecule has 5 heteroatoms. The van der Waals surface area contributed by atoms with Crippen LogP contribution in [-0.4, -0.2) is 10.9 Å². The summed E-state index contributed by atoms with van der Waals surface area (Å²) in [5.41, 5.74) is 2.48. The average Bonchev–Trinajstić information content (AvgIpc) is 3.02. The molecule has 0 aliphatic rings. The quantitative estimate of drug-likeness (QED) is 0.771. The summed E-state index contributed by atoms with van der Waals surface area (Å²) in [7, 11) is 0. The minimum Gasteiger partial charge on any atom is -0.346 e. The molecule has 3 nitrogen and oxygen atoms in total. The third-order valence-electron chi connectivity index (χ3n) is 3.09. The molecular formula is C17H13ClN2OS. The standard InChI is InChI=1S/C17H13ClN2OS/c18-14-8-4-7-13(9-14)16(21)19-10-15-11-22-17(20-15)12-5-2-1-3-6-12/h1-9,11H,10H2,(H,19,21). The number of hydrogen-bond donors (Lipinski definition) is 1. The van der Waals surface area contributed by atoms with Gasteiger partial charge in [0.1, 0.15) is 5.01 Å². The molecule has 0 bridgehead atoms. The van der Waals surface area contributed by atoms with E-state index in [2.05, 4.69) is 10.3 Å². The molecule has 1 N–H and O–H groups in total. The van der Waals surface area contributed by atoms with Crippen LogP contribution in [0.5, 0.6) is 0 Å². The van der Waals surface area contributed by atoms with Crippen molar-refractivity contribution in [3.8, 4) is 10.6 Å². The first-order valence-corrected chi connectivity index (χ1v) is 8.02. The van der Waals surface area contributed by atoms with Crippen LogP contribution in [0.25, 0.3) is 10.6 Å². The van der Waals surface area contributed by atoms with E-state index in [0.29, 0.717) is 17.1 Å². The first-order valence-electron chi connectivity index (χ1n) is 6.76. The predicted molar refractivity (Wildman–Crippen MR) is 90.2 cm³/mol. The van der Waals surface area contributed by atoms with Crippen molar-refractivity contribution in [3.63, 3.8) is 0 Å². The lowest BCUT2D eigenvalue weighted by Crippen LogP contribution is -2.22. The van der Waals surface area contributed by atoms with Gasteiger partial charge in [0.2, 0.25) is 0 Å². The Balaban J connectivity index is 1.65. The maximum Gasteiger partial charge on any atom is 0.251 e. The SMILES string of the molecule is O=C(NCc1csc(-c2ccccc2)n1)c1cccc(Cl)c1. The van der Waals surface area contributed by atoms with Crippen molar-refractivity contribution < 1.29 is 4.79 Å². The van der Waals surface area contributed by atoms with E-state index in [0.717, 1.165) is 16.3 Å². The molecule has 2 aromatic carbocycles. The number of nitrogens with one attached hydrogen (secondary N) is 1. The Morgan fingerprint density at radius 3 is 2.73 bits per heavy atom. The van der Waals surface area contributed by atoms with Gasteiger partial charge in [0, 0.05) is 21.5 Å². The third-order valence-corrected chi connectivity index (χ3v) is 4.26. The lowest BCUT2D eigenvalue weighted by molar-refractivity contribution is 0.0950. The lowest BCUT2D eigenvalue weighted by atomic mass is 10.2. The van der Waals surface area contributed by atoms with Crippen LogP contribution in [0.3, 0.4) is 0 Å². The van der Waals surface area contributed by atoms with Gasteiger partial charge in [0.25, 0.3) is 5.91 Å². The zero-order valence-electron chi connectivity index (χ0n) is 11.6. The maximum absolute atomic E-state index is 12.1. The zero-order valence-corrected chi connectivity index (χ0v) is 13.2. The fourth-order valence-electron chi connectivity index (χ4n) is 2.00. The lowest BCUT2D eigenvalue weighted by Gasteiger charge is -2.03. The molecule has 1 aromatic heterocycles. The molecular weight excluding hydrogens is 316 g/mol. The Morgan fingerprint density at radius 1 is 1.14 bits per heavy atom. The number of thiazole rings is 1. The van der Waals surface area contributed by atoms with Gasteiger partial charge in [-0.25, -0.2) is 4.98 Å². The zero-order chi connectivity index (χ0) is 15.4. The van der Waals surface area contributed by atoms with Gasteiger partial charge in [-0.2, -0.15) is 0 Å². The molecule has 0 saturated heterocycles. The number of nitrogens with zero attached hydrogens (tertiary/aromatic N) is 1. The van der Waals surface area contributed by atoms with Crippen LogP contribution in [0.1, 0.15) is 16.1 Å². The first-order chi connectivity index (χ1) is 10.7. The van der Waals surface area contributed by atoms with Gasteiger partial charge in [0.15, 0.2) is 0 Å². The normalized spacial score (nSPS) is 10.4. The third kappa shape index (κ3) is 3.53. The number of carbonyl (C=O) groups is 1. The van der Waals surface area contributed by atoms with Gasteiger partial charge in [0.05, 0.1) is 12.2 Å². The predicted octanol–water partition coefficient (Wildman–Crippen LogP) is 4.39. The largest absolute Gasteiger partial charge is 0.346 e. The van der Waals surface area contributed by atoms with Gasteiger partial charge < -0.3 is 5.32 Å². The molecule has 1 heterocycles. The fraction of sp³-hybridized carbons (Fsp3) is 0.0588. The van der Waals surface area contributed by atoms with Gasteiger partial charge in [-0.1, -0.05) is 48.0 Å². The Hall–Kier alpha value is -2.17. The second-order valence-corrected chi connectivity index (χ2v) is 6.00. The van der Waals surface area contributed by atoms with Crippen LogP contribution in [0, 0.1) is 0 Å². The van der Waals surface area contributed by atoms with Crippen LogP contribution >= 0.6 is 22.9 Å². The Labute approximate surface area is 137 Å². The van der Waals surface area contributed by atoms with E-state index >= 15 is 0 Å². The molecule has 0 unspecified atom stereocenters. The van der Waals surface area contributed by atoms with Crippen LogP contribution in [0.4, 0.5) is 0 Å². The number of halogens is 1. The molecule has 0 saturated carbocycles. The van der Waals surface area contributed by atoms with Gasteiger partial charge in [-0.05, 0) is 18.2 Å². The highest BCUT2D eigenvalue weighted by molar-refractivity contribution is 7.13. The van der Waals surface area contributed by atoms with E-state index in [4.69, 9.17) is 11.6 Å². The molecule has 22 heavy (non-hydrogen) atoms. The summed E-state index contributed by atoms with van der Waals surface area (Å²) in [5, 5.41) is 6.31. The molecule has 1 amide bonds. The molecule has 0 aliphatic carbocycles. The summed E-state index contributed by atoms with van der Waals surface area (Å²) in [6.07, 6.45) is 0. The van der Waals surface area contributed by atoms with Crippen molar-refractivity contribution in [2.24, 2.45) is 0 Å². The van der Waals surface area contributed by atoms with Crippen molar-refractivity contribution in [3.05, 3.63) is 76.3 Å². The number of benzene rings is 2. The van der Waals surface area contributed by atoms with Gasteiger partial charge in [-0.3, -0.25) is 4.79 Å². The van der Waals surface area contributed by atoms with Crippen LogP contribution in [0.2, 0.25) is 5.02 Å². The minimum atomic E-state index is -0.156. The molecule has 0 spiro atoms. The number of rotatable bonds is 4. The van der Waals surface area contributed by atoms with E-state index in [1.54, 1.807) is 35.6 Å². The van der Waals surface area contributed by atoms with E-state index in [1.807, 2.05) is 35.7 Å². The summed E-state index contributed by atoms with van der Waals surface area (Å²) in [6, 6.07) is 16.9. The maximum atomic E-state index is 12.1. The van der Waals surface area contributed by atoms with Crippen LogP contribution < -0.4 is 5.32 Å². The van der Waals surface area contributed by atoms with E-state index in [-0.39, 0.29) is 5.91 Å². The number of hydrogen-bond acceptors (Lipinski definition) is 3. The Kier molecular flexibility index (Phi) is 4.51. The summed E-state index contributed by atoms with van der Waals surface area (Å²) in [6.45, 7) is 0.398. The van der Waals surface area contributed by atoms with Crippen LogP contribution in [0.15, 0.2) is 60.0 Å². The van der Waals surface area contributed by atoms with Crippen molar-refractivity contribution in [1.29, 1.82) is 0 Å². The number of aromatic nitrogens is 1. The van der Waals surface area contributed by atoms with E-state index in [9.17, 15) is 4.79 Å². The molecule has 0 fully saturated rings. The van der Waals surface area contributed by atoms with Crippen molar-refractivity contribution in [2.45, 2.75) is 6.54 Å². The minimum absolute atomic E-state index is 0.156. The molecule has 0 radical (unpaired) electrons. The van der Waals surface area contributed by atoms with Gasteiger partial charge in [-0.15, -0.1) is 11.3 Å². The van der Waals surface area contributed by atoms with E-state index in [1.165, 1.54) is 0 Å². The highest BCUT2D eigenvalue weighted by Gasteiger charge is 2.08. The fourth-order valence-corrected chi connectivity index (χ4v) is 3.02. The monoisotopic (exact) mass is 328 g/mol. The molecule has 110 valence electrons. The summed E-state index contributed by atoms with van der Waals surface area (Å²) < 4.78 is 0. The Bertz CT molecular complexity index is 786. The summed E-state index contributed by atoms with van der Waals surface area (Å²) in [5.74, 6) is -0.156. The average molecular weight is 329 g/mol.